The molecule has 1 aliphatic rings. The third-order valence-electron chi connectivity index (χ3n) is 5.54. The van der Waals surface area contributed by atoms with Crippen molar-refractivity contribution in [2.45, 2.75) is 17.1 Å². The van der Waals surface area contributed by atoms with Gasteiger partial charge in [-0.1, -0.05) is 12.1 Å². The Hall–Kier alpha value is -2.42. The molecule has 31 heavy (non-hydrogen) atoms. The van der Waals surface area contributed by atoms with Crippen LogP contribution in [-0.4, -0.2) is 47.6 Å². The molecule has 0 radical (unpaired) electrons. The summed E-state index contributed by atoms with van der Waals surface area (Å²) in [6.07, 6.45) is 1.84. The van der Waals surface area contributed by atoms with Gasteiger partial charge < -0.3 is 9.80 Å². The zero-order chi connectivity index (χ0) is 22.2. The highest BCUT2D eigenvalue weighted by Gasteiger charge is 2.22. The summed E-state index contributed by atoms with van der Waals surface area (Å²) in [4.78, 5) is 5.01. The monoisotopic (exact) mass is 459 g/mol. The summed E-state index contributed by atoms with van der Waals surface area (Å²) >= 11 is 1.17. The van der Waals surface area contributed by atoms with E-state index >= 15 is 0 Å². The second kappa shape index (κ2) is 8.61. The van der Waals surface area contributed by atoms with E-state index in [2.05, 4.69) is 22.7 Å². The standard InChI is InChI=1S/C23H26FN3O2S2/c1-26(2)21-15-18-11-13-27(3)12-10-17(18)14-20(21)25-31(28,29)23-9-8-22(30-23)16-4-6-19(24)7-5-16/h4-9,14-15,25H,10-13H2,1-3H3. The van der Waals surface area contributed by atoms with E-state index in [9.17, 15) is 12.8 Å². The van der Waals surface area contributed by atoms with E-state index in [1.54, 1.807) is 24.3 Å². The van der Waals surface area contributed by atoms with Crippen LogP contribution < -0.4 is 9.62 Å². The molecule has 2 aromatic carbocycles. The minimum atomic E-state index is -3.75. The van der Waals surface area contributed by atoms with Crippen molar-refractivity contribution in [2.75, 3.05) is 43.9 Å². The molecule has 164 valence electrons. The van der Waals surface area contributed by atoms with E-state index in [1.807, 2.05) is 25.1 Å². The Morgan fingerprint density at radius 1 is 1.00 bits per heavy atom. The Morgan fingerprint density at radius 3 is 2.29 bits per heavy atom. The lowest BCUT2D eigenvalue weighted by Gasteiger charge is -2.21. The lowest BCUT2D eigenvalue weighted by Crippen LogP contribution is -2.20. The second-order valence-electron chi connectivity index (χ2n) is 8.07. The van der Waals surface area contributed by atoms with E-state index in [4.69, 9.17) is 0 Å². The van der Waals surface area contributed by atoms with Crippen LogP contribution in [0.1, 0.15) is 11.1 Å². The van der Waals surface area contributed by atoms with Gasteiger partial charge in [-0.05, 0) is 73.0 Å². The van der Waals surface area contributed by atoms with Crippen molar-refractivity contribution in [1.82, 2.24) is 4.90 Å². The highest BCUT2D eigenvalue weighted by molar-refractivity contribution is 7.94. The van der Waals surface area contributed by atoms with Gasteiger partial charge in [-0.3, -0.25) is 4.72 Å². The molecule has 0 unspecified atom stereocenters. The topological polar surface area (TPSA) is 52.7 Å². The average molecular weight is 460 g/mol. The molecule has 2 heterocycles. The third-order valence-corrected chi connectivity index (χ3v) is 8.54. The Balaban J connectivity index is 1.66. The summed E-state index contributed by atoms with van der Waals surface area (Å²) in [5, 5.41) is 0. The number of nitrogens with zero attached hydrogens (tertiary/aromatic N) is 2. The SMILES string of the molecule is CN1CCc2cc(NS(=O)(=O)c3ccc(-c4ccc(F)cc4)s3)c(N(C)C)cc2CC1. The molecule has 1 N–H and O–H groups in total. The molecule has 0 spiro atoms. The van der Waals surface area contributed by atoms with Crippen LogP contribution in [0.15, 0.2) is 52.7 Å². The van der Waals surface area contributed by atoms with Crippen LogP contribution in [-0.2, 0) is 22.9 Å². The van der Waals surface area contributed by atoms with Crippen molar-refractivity contribution in [3.05, 3.63) is 65.5 Å². The van der Waals surface area contributed by atoms with Gasteiger partial charge in [0, 0.05) is 32.1 Å². The van der Waals surface area contributed by atoms with E-state index in [0.29, 0.717) is 5.69 Å². The number of thiophene rings is 1. The number of hydrogen-bond acceptors (Lipinski definition) is 5. The number of rotatable bonds is 5. The molecule has 5 nitrogen and oxygen atoms in total. The molecular weight excluding hydrogens is 433 g/mol. The predicted molar refractivity (Wildman–Crippen MR) is 126 cm³/mol. The van der Waals surface area contributed by atoms with Crippen LogP contribution in [0, 0.1) is 5.82 Å². The number of anilines is 2. The first-order chi connectivity index (χ1) is 14.7. The van der Waals surface area contributed by atoms with Gasteiger partial charge in [-0.25, -0.2) is 12.8 Å². The van der Waals surface area contributed by atoms with Gasteiger partial charge in [-0.15, -0.1) is 11.3 Å². The first-order valence-electron chi connectivity index (χ1n) is 10.1. The van der Waals surface area contributed by atoms with E-state index in [-0.39, 0.29) is 10.0 Å². The summed E-state index contributed by atoms with van der Waals surface area (Å²) in [5.74, 6) is -0.319. The van der Waals surface area contributed by atoms with Crippen LogP contribution >= 0.6 is 11.3 Å². The Kier molecular flexibility index (Phi) is 6.05. The van der Waals surface area contributed by atoms with Crippen molar-refractivity contribution in [2.24, 2.45) is 0 Å². The largest absolute Gasteiger partial charge is 0.376 e. The molecule has 1 aromatic heterocycles. The lowest BCUT2D eigenvalue weighted by atomic mass is 10.0. The highest BCUT2D eigenvalue weighted by atomic mass is 32.2. The first kappa shape index (κ1) is 21.8. The second-order valence-corrected chi connectivity index (χ2v) is 11.1. The van der Waals surface area contributed by atoms with Gasteiger partial charge in [0.2, 0.25) is 0 Å². The number of nitrogens with one attached hydrogen (secondary N) is 1. The minimum absolute atomic E-state index is 0.228. The molecule has 0 amide bonds. The molecule has 3 aromatic rings. The number of likely N-dealkylation sites (N-methyl/N-ethyl adjacent to an activating group) is 1. The van der Waals surface area contributed by atoms with Crippen LogP contribution in [0.4, 0.5) is 15.8 Å². The highest BCUT2D eigenvalue weighted by Crippen LogP contribution is 2.35. The van der Waals surface area contributed by atoms with Crippen LogP contribution in [0.5, 0.6) is 0 Å². The normalized spacial score (nSPS) is 14.7. The van der Waals surface area contributed by atoms with Gasteiger partial charge >= 0.3 is 0 Å². The van der Waals surface area contributed by atoms with Crippen LogP contribution in [0.2, 0.25) is 0 Å². The minimum Gasteiger partial charge on any atom is -0.376 e. The van der Waals surface area contributed by atoms with Gasteiger partial charge in [-0.2, -0.15) is 0 Å². The first-order valence-corrected chi connectivity index (χ1v) is 12.4. The third kappa shape index (κ3) is 4.76. The van der Waals surface area contributed by atoms with Gasteiger partial charge in [0.05, 0.1) is 11.4 Å². The van der Waals surface area contributed by atoms with Crippen LogP contribution in [0.25, 0.3) is 10.4 Å². The fourth-order valence-electron chi connectivity index (χ4n) is 3.76. The smallest absolute Gasteiger partial charge is 0.271 e. The van der Waals surface area contributed by atoms with Crippen molar-refractivity contribution in [3.8, 4) is 10.4 Å². The molecule has 0 bridgehead atoms. The van der Waals surface area contributed by atoms with Gasteiger partial charge in [0.15, 0.2) is 0 Å². The predicted octanol–water partition coefficient (Wildman–Crippen LogP) is 4.45. The van der Waals surface area contributed by atoms with Gasteiger partial charge in [0.1, 0.15) is 10.0 Å². The zero-order valence-corrected chi connectivity index (χ0v) is 19.5. The van der Waals surface area contributed by atoms with Crippen molar-refractivity contribution < 1.29 is 12.8 Å². The van der Waals surface area contributed by atoms with Crippen molar-refractivity contribution >= 4 is 32.7 Å². The number of fused-ring (bicyclic) bond motifs is 1. The number of hydrogen-bond donors (Lipinski definition) is 1. The molecule has 0 atom stereocenters. The molecule has 8 heteroatoms. The quantitative estimate of drug-likeness (QED) is 0.613. The Bertz CT molecular complexity index is 1190. The summed E-state index contributed by atoms with van der Waals surface area (Å²) in [7, 11) is 2.19. The van der Waals surface area contributed by atoms with Crippen molar-refractivity contribution in [1.29, 1.82) is 0 Å². The lowest BCUT2D eigenvalue weighted by molar-refractivity contribution is 0.352. The fraction of sp³-hybridized carbons (Fsp3) is 0.304. The number of sulfonamides is 1. The fourth-order valence-corrected chi connectivity index (χ4v) is 6.13. The molecule has 1 aliphatic heterocycles. The van der Waals surface area contributed by atoms with E-state index in [1.165, 1.54) is 34.6 Å². The molecule has 0 saturated heterocycles. The Morgan fingerprint density at radius 2 is 1.65 bits per heavy atom. The molecule has 0 saturated carbocycles. The summed E-state index contributed by atoms with van der Waals surface area (Å²) < 4.78 is 42.6. The number of benzene rings is 2. The maximum Gasteiger partial charge on any atom is 0.271 e. The van der Waals surface area contributed by atoms with Gasteiger partial charge in [0.25, 0.3) is 10.0 Å². The Labute approximate surface area is 187 Å². The molecule has 0 fully saturated rings. The zero-order valence-electron chi connectivity index (χ0n) is 17.9. The molecule has 4 rings (SSSR count). The van der Waals surface area contributed by atoms with E-state index in [0.717, 1.165) is 42.1 Å². The summed E-state index contributed by atoms with van der Waals surface area (Å²) in [6, 6.07) is 13.5. The number of halogens is 1. The van der Waals surface area contributed by atoms with Crippen LogP contribution in [0.3, 0.4) is 0 Å². The average Bonchev–Trinajstić information content (AvgIpc) is 3.15. The maximum atomic E-state index is 13.2. The maximum absolute atomic E-state index is 13.2. The summed E-state index contributed by atoms with van der Waals surface area (Å²) in [6.45, 7) is 1.94. The molecule has 0 aliphatic carbocycles. The summed E-state index contributed by atoms with van der Waals surface area (Å²) in [5.41, 5.74) is 4.68. The van der Waals surface area contributed by atoms with E-state index < -0.39 is 10.0 Å². The molecular formula is C23H26FN3O2S2. The van der Waals surface area contributed by atoms with Crippen molar-refractivity contribution in [3.63, 3.8) is 0 Å².